The largest absolute Gasteiger partial charge is 0.508 e. The monoisotopic (exact) mass is 292 g/mol. The van der Waals surface area contributed by atoms with Gasteiger partial charge in [0.25, 0.3) is 0 Å². The lowest BCUT2D eigenvalue weighted by Crippen LogP contribution is -2.34. The number of fused-ring (bicyclic) bond motifs is 1. The average Bonchev–Trinajstić information content (AvgIpc) is 2.37. The fourth-order valence-corrected chi connectivity index (χ4v) is 3.26. The number of benzene rings is 1. The van der Waals surface area contributed by atoms with E-state index in [-0.39, 0.29) is 35.4 Å². The van der Waals surface area contributed by atoms with E-state index in [4.69, 9.17) is 9.47 Å². The molecule has 114 valence electrons. The number of ether oxygens (including phenoxy) is 2. The maximum absolute atomic E-state index is 12.0. The lowest BCUT2D eigenvalue weighted by Gasteiger charge is -2.32. The number of hydrogen-bond acceptors (Lipinski definition) is 5. The Labute approximate surface area is 123 Å². The molecule has 0 aromatic heterocycles. The molecule has 0 saturated carbocycles. The van der Waals surface area contributed by atoms with Gasteiger partial charge in [-0.3, -0.25) is 0 Å². The smallest absolute Gasteiger partial charge is 0.342 e. The third-order valence-electron chi connectivity index (χ3n) is 4.20. The zero-order valence-electron chi connectivity index (χ0n) is 12.0. The summed E-state index contributed by atoms with van der Waals surface area (Å²) >= 11 is 0. The van der Waals surface area contributed by atoms with Crippen LogP contribution in [0.3, 0.4) is 0 Å². The summed E-state index contributed by atoms with van der Waals surface area (Å²) in [4.78, 5) is 12.0. The van der Waals surface area contributed by atoms with Crippen molar-refractivity contribution in [2.75, 3.05) is 0 Å². The Morgan fingerprint density at radius 3 is 2.81 bits per heavy atom. The number of carbonyl (C=O) groups excluding carboxylic acids is 1. The van der Waals surface area contributed by atoms with Crippen molar-refractivity contribution in [2.24, 2.45) is 0 Å². The third-order valence-corrected chi connectivity index (χ3v) is 4.20. The molecular formula is C16H20O5. The molecule has 1 aromatic rings. The molecule has 2 aliphatic heterocycles. The fourth-order valence-electron chi connectivity index (χ4n) is 3.26. The van der Waals surface area contributed by atoms with E-state index in [1.54, 1.807) is 0 Å². The highest BCUT2D eigenvalue weighted by Gasteiger charge is 2.32. The Morgan fingerprint density at radius 1 is 1.24 bits per heavy atom. The normalized spacial score (nSPS) is 28.8. The zero-order valence-corrected chi connectivity index (χ0v) is 12.0. The average molecular weight is 292 g/mol. The summed E-state index contributed by atoms with van der Waals surface area (Å²) in [7, 11) is 0. The van der Waals surface area contributed by atoms with Crippen molar-refractivity contribution < 1.29 is 24.5 Å². The van der Waals surface area contributed by atoms with E-state index in [0.717, 1.165) is 25.3 Å². The molecule has 0 radical (unpaired) electrons. The second kappa shape index (κ2) is 5.56. The van der Waals surface area contributed by atoms with Gasteiger partial charge in [0.15, 0.2) is 0 Å². The quantitative estimate of drug-likeness (QED) is 0.819. The van der Waals surface area contributed by atoms with Crippen molar-refractivity contribution in [1.29, 1.82) is 0 Å². The molecular weight excluding hydrogens is 272 g/mol. The molecule has 1 aromatic carbocycles. The minimum absolute atomic E-state index is 0.0396. The van der Waals surface area contributed by atoms with Gasteiger partial charge in [0.2, 0.25) is 0 Å². The number of carbonyl (C=O) groups is 1. The third kappa shape index (κ3) is 2.97. The molecule has 1 fully saturated rings. The molecule has 5 nitrogen and oxygen atoms in total. The van der Waals surface area contributed by atoms with Crippen molar-refractivity contribution in [3.05, 3.63) is 23.3 Å². The molecule has 0 spiro atoms. The first kappa shape index (κ1) is 14.2. The van der Waals surface area contributed by atoms with Crippen LogP contribution in [-0.2, 0) is 15.9 Å². The molecule has 2 N–H and O–H groups in total. The summed E-state index contributed by atoms with van der Waals surface area (Å²) in [5.74, 6) is -0.791. The molecule has 0 amide bonds. The van der Waals surface area contributed by atoms with E-state index in [2.05, 4.69) is 6.92 Å². The van der Waals surface area contributed by atoms with Crippen molar-refractivity contribution in [3.8, 4) is 11.5 Å². The Balaban J connectivity index is 1.74. The number of aromatic hydroxyl groups is 2. The van der Waals surface area contributed by atoms with Gasteiger partial charge in [-0.25, -0.2) is 4.79 Å². The minimum atomic E-state index is -0.525. The number of hydrogen-bond donors (Lipinski definition) is 2. The van der Waals surface area contributed by atoms with Gasteiger partial charge < -0.3 is 19.7 Å². The molecule has 0 unspecified atom stereocenters. The van der Waals surface area contributed by atoms with E-state index in [0.29, 0.717) is 18.4 Å². The molecule has 21 heavy (non-hydrogen) atoms. The summed E-state index contributed by atoms with van der Waals surface area (Å²) in [6.07, 6.45) is 4.44. The van der Waals surface area contributed by atoms with Crippen molar-refractivity contribution >= 4 is 5.97 Å². The highest BCUT2D eigenvalue weighted by atomic mass is 16.5. The van der Waals surface area contributed by atoms with E-state index in [1.807, 2.05) is 0 Å². The van der Waals surface area contributed by atoms with Crippen molar-refractivity contribution in [2.45, 2.75) is 57.3 Å². The maximum atomic E-state index is 12.0. The number of rotatable bonds is 2. The highest BCUT2D eigenvalue weighted by molar-refractivity contribution is 5.95. The van der Waals surface area contributed by atoms with Crippen LogP contribution in [0.5, 0.6) is 11.5 Å². The van der Waals surface area contributed by atoms with Gasteiger partial charge in [-0.1, -0.05) is 0 Å². The standard InChI is InChI=1S/C16H20O5/c1-9-3-2-4-12(20-9)8-13-6-10-5-11(17)7-14(18)15(10)16(19)21-13/h5,7,9,12-13,17-18H,2-4,6,8H2,1H3/t9-,12+,13+/m0/s1. The fraction of sp³-hybridized carbons (Fsp3) is 0.562. The first-order chi connectivity index (χ1) is 10.0. The van der Waals surface area contributed by atoms with Gasteiger partial charge in [-0.05, 0) is 37.8 Å². The van der Waals surface area contributed by atoms with Gasteiger partial charge in [0.1, 0.15) is 23.2 Å². The van der Waals surface area contributed by atoms with Gasteiger partial charge >= 0.3 is 5.97 Å². The van der Waals surface area contributed by atoms with Crippen LogP contribution in [0.2, 0.25) is 0 Å². The van der Waals surface area contributed by atoms with Crippen LogP contribution < -0.4 is 0 Å². The second-order valence-corrected chi connectivity index (χ2v) is 5.97. The molecule has 2 heterocycles. The van der Waals surface area contributed by atoms with E-state index in [1.165, 1.54) is 6.07 Å². The number of esters is 1. The van der Waals surface area contributed by atoms with Gasteiger partial charge in [-0.15, -0.1) is 0 Å². The summed E-state index contributed by atoms with van der Waals surface area (Å²) in [6, 6.07) is 2.68. The predicted octanol–water partition coefficient (Wildman–Crippen LogP) is 2.53. The SMILES string of the molecule is C[C@H]1CCC[C@H](C[C@H]2Cc3cc(O)cc(O)c3C(=O)O2)O1. The molecule has 2 aliphatic rings. The Morgan fingerprint density at radius 2 is 2.05 bits per heavy atom. The van der Waals surface area contributed by atoms with Gasteiger partial charge in [-0.2, -0.15) is 0 Å². The Bertz CT molecular complexity index is 554. The van der Waals surface area contributed by atoms with E-state index >= 15 is 0 Å². The summed E-state index contributed by atoms with van der Waals surface area (Å²) < 4.78 is 11.3. The van der Waals surface area contributed by atoms with Crippen LogP contribution in [0.4, 0.5) is 0 Å². The number of cyclic esters (lactones) is 1. The number of phenolic OH excluding ortho intramolecular Hbond substituents is 2. The van der Waals surface area contributed by atoms with Crippen LogP contribution in [-0.4, -0.2) is 34.5 Å². The lowest BCUT2D eigenvalue weighted by atomic mass is 9.92. The minimum Gasteiger partial charge on any atom is -0.508 e. The summed E-state index contributed by atoms with van der Waals surface area (Å²) in [6.45, 7) is 2.06. The van der Waals surface area contributed by atoms with Gasteiger partial charge in [0.05, 0.1) is 12.2 Å². The Hall–Kier alpha value is -1.75. The van der Waals surface area contributed by atoms with Gasteiger partial charge in [0, 0.05) is 18.9 Å². The first-order valence-corrected chi connectivity index (χ1v) is 7.44. The van der Waals surface area contributed by atoms with Crippen LogP contribution in [0.25, 0.3) is 0 Å². The topological polar surface area (TPSA) is 76.0 Å². The second-order valence-electron chi connectivity index (χ2n) is 5.97. The van der Waals surface area contributed by atoms with Crippen molar-refractivity contribution in [3.63, 3.8) is 0 Å². The summed E-state index contributed by atoms with van der Waals surface area (Å²) in [5.41, 5.74) is 0.805. The lowest BCUT2D eigenvalue weighted by molar-refractivity contribution is -0.0647. The highest BCUT2D eigenvalue weighted by Crippen LogP contribution is 2.34. The molecule has 3 atom stereocenters. The molecule has 5 heteroatoms. The molecule has 0 bridgehead atoms. The van der Waals surface area contributed by atoms with E-state index < -0.39 is 5.97 Å². The molecule has 1 saturated heterocycles. The van der Waals surface area contributed by atoms with Crippen molar-refractivity contribution in [1.82, 2.24) is 0 Å². The molecule has 3 rings (SSSR count). The number of phenols is 2. The first-order valence-electron chi connectivity index (χ1n) is 7.44. The van der Waals surface area contributed by atoms with E-state index in [9.17, 15) is 15.0 Å². The van der Waals surface area contributed by atoms with Crippen LogP contribution >= 0.6 is 0 Å². The maximum Gasteiger partial charge on any atom is 0.342 e. The van der Waals surface area contributed by atoms with Crippen LogP contribution in [0.1, 0.15) is 48.5 Å². The zero-order chi connectivity index (χ0) is 15.0. The predicted molar refractivity (Wildman–Crippen MR) is 75.5 cm³/mol. The van der Waals surface area contributed by atoms with Crippen LogP contribution in [0, 0.1) is 0 Å². The Kier molecular flexibility index (Phi) is 3.76. The molecule has 0 aliphatic carbocycles. The van der Waals surface area contributed by atoms with Crippen LogP contribution in [0.15, 0.2) is 12.1 Å². The summed E-state index contributed by atoms with van der Waals surface area (Å²) in [5, 5.41) is 19.3.